The highest BCUT2D eigenvalue weighted by molar-refractivity contribution is 5.00. The van der Waals surface area contributed by atoms with Crippen molar-refractivity contribution in [3.8, 4) is 0 Å². The Morgan fingerprint density at radius 2 is 1.48 bits per heavy atom. The average molecular weight is 450 g/mol. The maximum Gasteiger partial charge on any atom is 0.186 e. The van der Waals surface area contributed by atoms with Crippen LogP contribution >= 0.6 is 0 Å². The number of nitrogens with two attached hydrogens (primary N) is 3. The molecule has 2 saturated heterocycles. The van der Waals surface area contributed by atoms with E-state index in [9.17, 15) is 20.4 Å². The minimum absolute atomic E-state index is 0.0987. The summed E-state index contributed by atoms with van der Waals surface area (Å²) in [5, 5.41) is 40.8. The summed E-state index contributed by atoms with van der Waals surface area (Å²) in [5.41, 5.74) is 18.3. The van der Waals surface area contributed by atoms with Crippen LogP contribution < -0.4 is 17.2 Å². The standard InChI is InChI=1S/C20H39N3O8/c1-3-9-5-4-8(2)19(28-9)30-17-10(21)6-11(22)18(16(17)27)31-20-15(26)13(23)14(25)12(7-24)29-20/h8-20,24-27H,3-7,21-23H2,1-2H3/t8-,9-,10+,11-,12-,13+,14-,15-,16+,17?,18+,19-,20-/m1/s1. The molecule has 31 heavy (non-hydrogen) atoms. The van der Waals surface area contributed by atoms with Crippen LogP contribution in [0.5, 0.6) is 0 Å². The van der Waals surface area contributed by atoms with Crippen molar-refractivity contribution in [3.05, 3.63) is 0 Å². The molecule has 11 nitrogen and oxygen atoms in total. The Morgan fingerprint density at radius 3 is 2.06 bits per heavy atom. The Hall–Kier alpha value is -0.440. The van der Waals surface area contributed by atoms with Crippen LogP contribution in [0.1, 0.15) is 39.5 Å². The van der Waals surface area contributed by atoms with E-state index in [1.807, 2.05) is 6.92 Å². The lowest BCUT2D eigenvalue weighted by atomic mass is 9.84. The summed E-state index contributed by atoms with van der Waals surface area (Å²) in [6, 6.07) is -2.27. The fourth-order valence-electron chi connectivity index (χ4n) is 4.62. The Balaban J connectivity index is 1.69. The highest BCUT2D eigenvalue weighted by Gasteiger charge is 2.49. The normalized spacial score (nSPS) is 51.6. The predicted octanol–water partition coefficient (Wildman–Crippen LogP) is -2.51. The number of aliphatic hydroxyl groups excluding tert-OH is 4. The van der Waals surface area contributed by atoms with Crippen molar-refractivity contribution in [2.75, 3.05) is 6.61 Å². The molecule has 0 aromatic heterocycles. The van der Waals surface area contributed by atoms with Crippen LogP contribution in [0, 0.1) is 5.92 Å². The Morgan fingerprint density at radius 1 is 0.871 bits per heavy atom. The molecule has 1 unspecified atom stereocenters. The first kappa shape index (κ1) is 25.2. The first-order valence-corrected chi connectivity index (χ1v) is 11.2. The van der Waals surface area contributed by atoms with E-state index in [1.54, 1.807) is 0 Å². The van der Waals surface area contributed by atoms with Gasteiger partial charge in [0.1, 0.15) is 36.6 Å². The van der Waals surface area contributed by atoms with E-state index in [4.69, 9.17) is 36.1 Å². The molecule has 11 heteroatoms. The van der Waals surface area contributed by atoms with Crippen molar-refractivity contribution in [2.45, 2.75) is 113 Å². The second-order valence-electron chi connectivity index (χ2n) is 9.13. The third-order valence-electron chi connectivity index (χ3n) is 6.77. The van der Waals surface area contributed by atoms with Crippen LogP contribution in [0.2, 0.25) is 0 Å². The van der Waals surface area contributed by atoms with Gasteiger partial charge in [0, 0.05) is 18.0 Å². The van der Waals surface area contributed by atoms with E-state index >= 15 is 0 Å². The van der Waals surface area contributed by atoms with Crippen LogP contribution in [0.25, 0.3) is 0 Å². The molecule has 0 aromatic carbocycles. The van der Waals surface area contributed by atoms with Gasteiger partial charge in [0.2, 0.25) is 0 Å². The molecule has 10 N–H and O–H groups in total. The third kappa shape index (κ3) is 5.39. The minimum atomic E-state index is -1.38. The average Bonchev–Trinajstić information content (AvgIpc) is 2.75. The van der Waals surface area contributed by atoms with Crippen molar-refractivity contribution in [2.24, 2.45) is 23.1 Å². The molecule has 0 aromatic rings. The van der Waals surface area contributed by atoms with Gasteiger partial charge in [-0.1, -0.05) is 13.8 Å². The predicted molar refractivity (Wildman–Crippen MR) is 109 cm³/mol. The largest absolute Gasteiger partial charge is 0.394 e. The smallest absolute Gasteiger partial charge is 0.186 e. The van der Waals surface area contributed by atoms with Crippen molar-refractivity contribution < 1.29 is 39.4 Å². The van der Waals surface area contributed by atoms with Gasteiger partial charge in [-0.15, -0.1) is 0 Å². The maximum atomic E-state index is 11.0. The summed E-state index contributed by atoms with van der Waals surface area (Å²) in [5.74, 6) is 0.144. The molecule has 2 aliphatic heterocycles. The van der Waals surface area contributed by atoms with E-state index < -0.39 is 73.9 Å². The number of ether oxygens (including phenoxy) is 4. The highest BCUT2D eigenvalue weighted by atomic mass is 16.7. The number of hydrogen-bond acceptors (Lipinski definition) is 11. The van der Waals surface area contributed by atoms with E-state index in [2.05, 4.69) is 6.92 Å². The fourth-order valence-corrected chi connectivity index (χ4v) is 4.62. The lowest BCUT2D eigenvalue weighted by Crippen LogP contribution is -2.67. The van der Waals surface area contributed by atoms with Gasteiger partial charge in [-0.3, -0.25) is 0 Å². The molecular formula is C20H39N3O8. The Kier molecular flexibility index (Phi) is 8.66. The molecule has 3 aliphatic rings. The SMILES string of the molecule is CC[C@@H]1CC[C@@H](C)[C@@H](OC2[C@@H](N)C[C@@H](N)[C@H](O[C@H]3O[C@H](CO)[C@@H](O)[C@H](N)[C@H]3O)[C@H]2O)O1. The van der Waals surface area contributed by atoms with Gasteiger partial charge < -0.3 is 56.6 Å². The summed E-state index contributed by atoms with van der Waals surface area (Å²) in [4.78, 5) is 0. The molecule has 3 rings (SSSR count). The number of aliphatic hydroxyl groups is 4. The first-order valence-electron chi connectivity index (χ1n) is 11.2. The number of rotatable bonds is 6. The summed E-state index contributed by atoms with van der Waals surface area (Å²) in [6.07, 6.45) is -5.22. The molecule has 0 amide bonds. The van der Waals surface area contributed by atoms with Crippen molar-refractivity contribution in [1.82, 2.24) is 0 Å². The summed E-state index contributed by atoms with van der Waals surface area (Å²) >= 11 is 0. The van der Waals surface area contributed by atoms with Gasteiger partial charge in [0.25, 0.3) is 0 Å². The van der Waals surface area contributed by atoms with E-state index in [0.29, 0.717) is 6.42 Å². The molecule has 1 aliphatic carbocycles. The van der Waals surface area contributed by atoms with Gasteiger partial charge >= 0.3 is 0 Å². The molecule has 0 spiro atoms. The molecule has 182 valence electrons. The Labute approximate surface area is 182 Å². The quantitative estimate of drug-likeness (QED) is 0.226. The second kappa shape index (κ2) is 10.7. The molecule has 0 bridgehead atoms. The van der Waals surface area contributed by atoms with E-state index in [1.165, 1.54) is 0 Å². The first-order chi connectivity index (χ1) is 14.7. The molecule has 1 saturated carbocycles. The van der Waals surface area contributed by atoms with Crippen LogP contribution in [0.4, 0.5) is 0 Å². The van der Waals surface area contributed by atoms with Gasteiger partial charge in [-0.25, -0.2) is 0 Å². The summed E-state index contributed by atoms with van der Waals surface area (Å²) in [7, 11) is 0. The van der Waals surface area contributed by atoms with Gasteiger partial charge in [-0.2, -0.15) is 0 Å². The van der Waals surface area contributed by atoms with Crippen molar-refractivity contribution in [1.29, 1.82) is 0 Å². The van der Waals surface area contributed by atoms with Crippen LogP contribution in [-0.4, -0.2) is 100 Å². The molecule has 0 radical (unpaired) electrons. The monoisotopic (exact) mass is 449 g/mol. The second-order valence-corrected chi connectivity index (χ2v) is 9.13. The fraction of sp³-hybridized carbons (Fsp3) is 1.00. The molecule has 3 fully saturated rings. The zero-order valence-electron chi connectivity index (χ0n) is 18.2. The summed E-state index contributed by atoms with van der Waals surface area (Å²) in [6.45, 7) is 3.58. The molecule has 13 atom stereocenters. The topological polar surface area (TPSA) is 196 Å². The van der Waals surface area contributed by atoms with Crippen LogP contribution in [0.15, 0.2) is 0 Å². The maximum absolute atomic E-state index is 11.0. The van der Waals surface area contributed by atoms with Crippen molar-refractivity contribution >= 4 is 0 Å². The third-order valence-corrected chi connectivity index (χ3v) is 6.77. The zero-order chi connectivity index (χ0) is 22.9. The minimum Gasteiger partial charge on any atom is -0.394 e. The lowest BCUT2D eigenvalue weighted by molar-refractivity contribution is -0.315. The molecule has 2 heterocycles. The van der Waals surface area contributed by atoms with Gasteiger partial charge in [0.05, 0.1) is 18.8 Å². The van der Waals surface area contributed by atoms with E-state index in [0.717, 1.165) is 19.3 Å². The number of hydrogen-bond donors (Lipinski definition) is 7. The van der Waals surface area contributed by atoms with Gasteiger partial charge in [0.15, 0.2) is 12.6 Å². The Bertz CT molecular complexity index is 573. The van der Waals surface area contributed by atoms with Gasteiger partial charge in [-0.05, 0) is 25.7 Å². The summed E-state index contributed by atoms with van der Waals surface area (Å²) < 4.78 is 23.5. The van der Waals surface area contributed by atoms with Crippen molar-refractivity contribution in [3.63, 3.8) is 0 Å². The van der Waals surface area contributed by atoms with E-state index in [-0.39, 0.29) is 12.0 Å². The molecular weight excluding hydrogens is 410 g/mol. The highest BCUT2D eigenvalue weighted by Crippen LogP contribution is 2.33. The van der Waals surface area contributed by atoms with Crippen LogP contribution in [0.3, 0.4) is 0 Å². The lowest BCUT2D eigenvalue weighted by Gasteiger charge is -2.47. The van der Waals surface area contributed by atoms with Crippen LogP contribution in [-0.2, 0) is 18.9 Å². The zero-order valence-corrected chi connectivity index (χ0v) is 18.2.